The Kier molecular flexibility index (Phi) is 7.20. The molecule has 0 bridgehead atoms. The molecule has 0 fully saturated rings. The van der Waals surface area contributed by atoms with E-state index < -0.39 is 11.9 Å². The maximum atomic E-state index is 12.0. The third kappa shape index (κ3) is 5.84. The predicted molar refractivity (Wildman–Crippen MR) is 94.9 cm³/mol. The van der Waals surface area contributed by atoms with Crippen molar-refractivity contribution in [1.29, 1.82) is 0 Å². The van der Waals surface area contributed by atoms with Crippen molar-refractivity contribution in [3.8, 4) is 0 Å². The lowest BCUT2D eigenvalue weighted by atomic mass is 9.70. The molecule has 0 aliphatic rings. The molecule has 1 aromatic carbocycles. The van der Waals surface area contributed by atoms with Gasteiger partial charge in [-0.3, -0.25) is 0 Å². The largest absolute Gasteiger partial charge is 0.459 e. The minimum absolute atomic E-state index is 0.0219. The van der Waals surface area contributed by atoms with Gasteiger partial charge in [0.05, 0.1) is 5.56 Å². The van der Waals surface area contributed by atoms with Crippen LogP contribution in [0, 0.1) is 11.3 Å². The lowest BCUT2D eigenvalue weighted by molar-refractivity contribution is -0.138. The highest BCUT2D eigenvalue weighted by Crippen LogP contribution is 2.40. The Bertz CT molecular complexity index is 564. The average Bonchev–Trinajstić information content (AvgIpc) is 2.50. The van der Waals surface area contributed by atoms with Crippen molar-refractivity contribution >= 4 is 11.9 Å². The van der Waals surface area contributed by atoms with E-state index in [1.165, 1.54) is 5.56 Å². The molecule has 24 heavy (non-hydrogen) atoms. The number of carbonyl (C=O) groups is 2. The van der Waals surface area contributed by atoms with Gasteiger partial charge in [0.1, 0.15) is 13.2 Å². The molecule has 132 valence electrons. The van der Waals surface area contributed by atoms with E-state index in [0.29, 0.717) is 17.4 Å². The molecule has 1 aromatic rings. The monoisotopic (exact) mass is 332 g/mol. The molecule has 0 saturated heterocycles. The topological polar surface area (TPSA) is 52.6 Å². The summed E-state index contributed by atoms with van der Waals surface area (Å²) in [5.74, 6) is -0.0476. The first-order chi connectivity index (χ1) is 11.2. The highest BCUT2D eigenvalue weighted by atomic mass is 16.6. The number of benzene rings is 1. The summed E-state index contributed by atoms with van der Waals surface area (Å²) in [6, 6.07) is 7.55. The van der Waals surface area contributed by atoms with Gasteiger partial charge in [-0.2, -0.15) is 0 Å². The van der Waals surface area contributed by atoms with E-state index in [1.807, 2.05) is 12.1 Å². The Labute approximate surface area is 144 Å². The fourth-order valence-corrected chi connectivity index (χ4v) is 3.13. The molecular formula is C20H28O4. The molecule has 1 unspecified atom stereocenters. The molecule has 0 N–H and O–H groups in total. The van der Waals surface area contributed by atoms with Gasteiger partial charge in [-0.25, -0.2) is 9.59 Å². The molecule has 0 spiro atoms. The molecule has 0 aromatic heterocycles. The second-order valence-corrected chi connectivity index (χ2v) is 7.22. The molecule has 0 radical (unpaired) electrons. The fraction of sp³-hybridized carbons (Fsp3) is 0.500. The van der Waals surface area contributed by atoms with Crippen LogP contribution < -0.4 is 0 Å². The summed E-state index contributed by atoms with van der Waals surface area (Å²) in [7, 11) is 0. The van der Waals surface area contributed by atoms with E-state index in [1.54, 1.807) is 12.1 Å². The summed E-state index contributed by atoms with van der Waals surface area (Å²) >= 11 is 0. The number of esters is 2. The van der Waals surface area contributed by atoms with Gasteiger partial charge in [-0.05, 0) is 34.9 Å². The van der Waals surface area contributed by atoms with E-state index in [4.69, 9.17) is 9.47 Å². The van der Waals surface area contributed by atoms with Crippen LogP contribution in [-0.4, -0.2) is 25.2 Å². The standard InChI is InChI=1S/C20H28O4/c1-7-17(21)23-12-13-24-19(22)16-10-8-15(9-11-16)18(14(2)3)20(4,5)6/h7-11,14,18H,1,12-13H2,2-6H3. The third-order valence-corrected chi connectivity index (χ3v) is 3.83. The van der Waals surface area contributed by atoms with Crippen LogP contribution in [0.3, 0.4) is 0 Å². The summed E-state index contributed by atoms with van der Waals surface area (Å²) in [5.41, 5.74) is 1.85. The minimum Gasteiger partial charge on any atom is -0.459 e. The van der Waals surface area contributed by atoms with E-state index in [2.05, 4.69) is 41.2 Å². The molecular weight excluding hydrogens is 304 g/mol. The van der Waals surface area contributed by atoms with Gasteiger partial charge in [-0.15, -0.1) is 0 Å². The maximum Gasteiger partial charge on any atom is 0.338 e. The zero-order valence-electron chi connectivity index (χ0n) is 15.3. The zero-order valence-corrected chi connectivity index (χ0v) is 15.3. The van der Waals surface area contributed by atoms with E-state index in [0.717, 1.165) is 6.08 Å². The fourth-order valence-electron chi connectivity index (χ4n) is 3.13. The molecule has 4 nitrogen and oxygen atoms in total. The first kappa shape index (κ1) is 19.9. The first-order valence-electron chi connectivity index (χ1n) is 8.23. The van der Waals surface area contributed by atoms with Crippen molar-refractivity contribution in [1.82, 2.24) is 0 Å². The van der Waals surface area contributed by atoms with Gasteiger partial charge in [0.2, 0.25) is 0 Å². The zero-order chi connectivity index (χ0) is 18.3. The number of carbonyl (C=O) groups excluding carboxylic acids is 2. The van der Waals surface area contributed by atoms with Crippen molar-refractivity contribution in [2.24, 2.45) is 11.3 Å². The number of ether oxygens (including phenoxy) is 2. The maximum absolute atomic E-state index is 12.0. The van der Waals surface area contributed by atoms with Crippen LogP contribution in [0.25, 0.3) is 0 Å². The SMILES string of the molecule is C=CC(=O)OCCOC(=O)c1ccc(C(C(C)C)C(C)(C)C)cc1. The highest BCUT2D eigenvalue weighted by molar-refractivity contribution is 5.89. The van der Waals surface area contributed by atoms with Crippen molar-refractivity contribution in [2.75, 3.05) is 13.2 Å². The minimum atomic E-state index is -0.530. The summed E-state index contributed by atoms with van der Waals surface area (Å²) in [5, 5.41) is 0. The lowest BCUT2D eigenvalue weighted by Gasteiger charge is -2.34. The number of rotatable bonds is 7. The molecule has 1 atom stereocenters. The summed E-state index contributed by atoms with van der Waals surface area (Å²) in [6.07, 6.45) is 1.07. The smallest absolute Gasteiger partial charge is 0.338 e. The van der Waals surface area contributed by atoms with Crippen molar-refractivity contribution in [3.63, 3.8) is 0 Å². The average molecular weight is 332 g/mol. The normalized spacial score (nSPS) is 12.6. The van der Waals surface area contributed by atoms with Gasteiger partial charge in [0, 0.05) is 6.08 Å². The highest BCUT2D eigenvalue weighted by Gasteiger charge is 2.29. The second kappa shape index (κ2) is 8.67. The molecule has 0 aliphatic carbocycles. The molecule has 1 rings (SSSR count). The van der Waals surface area contributed by atoms with Crippen LogP contribution in [0.5, 0.6) is 0 Å². The van der Waals surface area contributed by atoms with Crippen molar-refractivity contribution in [2.45, 2.75) is 40.5 Å². The molecule has 0 aliphatic heterocycles. The number of hydrogen-bond acceptors (Lipinski definition) is 4. The van der Waals surface area contributed by atoms with Gasteiger partial charge in [-0.1, -0.05) is 53.3 Å². The lowest BCUT2D eigenvalue weighted by Crippen LogP contribution is -2.23. The predicted octanol–water partition coefficient (Wildman–Crippen LogP) is 4.36. The van der Waals surface area contributed by atoms with Crippen LogP contribution in [0.4, 0.5) is 0 Å². The Morgan fingerprint density at radius 3 is 2.08 bits per heavy atom. The van der Waals surface area contributed by atoms with Gasteiger partial charge in [0.25, 0.3) is 0 Å². The summed E-state index contributed by atoms with van der Waals surface area (Å²) < 4.78 is 9.85. The number of hydrogen-bond donors (Lipinski definition) is 0. The van der Waals surface area contributed by atoms with Crippen LogP contribution in [0.2, 0.25) is 0 Å². The Morgan fingerprint density at radius 1 is 1.08 bits per heavy atom. The van der Waals surface area contributed by atoms with E-state index >= 15 is 0 Å². The van der Waals surface area contributed by atoms with E-state index in [-0.39, 0.29) is 18.6 Å². The Balaban J connectivity index is 2.68. The Hall–Kier alpha value is -2.10. The van der Waals surface area contributed by atoms with Crippen LogP contribution in [-0.2, 0) is 14.3 Å². The molecule has 0 saturated carbocycles. The molecule has 0 heterocycles. The van der Waals surface area contributed by atoms with Crippen LogP contribution in [0.15, 0.2) is 36.9 Å². The third-order valence-electron chi connectivity index (χ3n) is 3.83. The van der Waals surface area contributed by atoms with Crippen molar-refractivity contribution < 1.29 is 19.1 Å². The summed E-state index contributed by atoms with van der Waals surface area (Å²) in [6.45, 7) is 14.4. The summed E-state index contributed by atoms with van der Waals surface area (Å²) in [4.78, 5) is 22.9. The van der Waals surface area contributed by atoms with Crippen LogP contribution >= 0.6 is 0 Å². The van der Waals surface area contributed by atoms with Gasteiger partial charge < -0.3 is 9.47 Å². The second-order valence-electron chi connectivity index (χ2n) is 7.22. The van der Waals surface area contributed by atoms with Gasteiger partial charge >= 0.3 is 11.9 Å². The van der Waals surface area contributed by atoms with Crippen LogP contribution in [0.1, 0.15) is 56.5 Å². The Morgan fingerprint density at radius 2 is 1.62 bits per heavy atom. The molecule has 0 amide bonds. The van der Waals surface area contributed by atoms with E-state index in [9.17, 15) is 9.59 Å². The van der Waals surface area contributed by atoms with Gasteiger partial charge in [0.15, 0.2) is 0 Å². The quantitative estimate of drug-likeness (QED) is 0.423. The van der Waals surface area contributed by atoms with Crippen molar-refractivity contribution in [3.05, 3.63) is 48.0 Å². The first-order valence-corrected chi connectivity index (χ1v) is 8.23. The molecule has 4 heteroatoms.